The van der Waals surface area contributed by atoms with E-state index in [0.29, 0.717) is 5.75 Å². The SMILES string of the molecule is CCCC(C)(C)OP(=O)(OC(C)(C)C)SCCOC(=O)C(C)(C)CCN1CCN(C)CC1. The Labute approximate surface area is 200 Å². The number of hydrogen-bond acceptors (Lipinski definition) is 8. The zero-order valence-electron chi connectivity index (χ0n) is 21.9. The van der Waals surface area contributed by atoms with Gasteiger partial charge in [0.1, 0.15) is 6.61 Å². The van der Waals surface area contributed by atoms with Gasteiger partial charge < -0.3 is 14.5 Å². The first-order valence-electron chi connectivity index (χ1n) is 11.8. The van der Waals surface area contributed by atoms with Crippen LogP contribution in [0, 0.1) is 5.41 Å². The van der Waals surface area contributed by atoms with Crippen LogP contribution in [0.15, 0.2) is 0 Å². The van der Waals surface area contributed by atoms with Crippen molar-refractivity contribution >= 4 is 24.1 Å². The zero-order valence-corrected chi connectivity index (χ0v) is 23.6. The highest BCUT2D eigenvalue weighted by Crippen LogP contribution is 2.65. The molecule has 9 heteroatoms. The third kappa shape index (κ3) is 11.8. The van der Waals surface area contributed by atoms with Gasteiger partial charge in [-0.15, -0.1) is 0 Å². The van der Waals surface area contributed by atoms with Crippen molar-refractivity contribution < 1.29 is 23.1 Å². The molecule has 1 heterocycles. The molecule has 7 nitrogen and oxygen atoms in total. The maximum Gasteiger partial charge on any atom is 0.390 e. The van der Waals surface area contributed by atoms with Gasteiger partial charge in [-0.2, -0.15) is 0 Å². The lowest BCUT2D eigenvalue weighted by molar-refractivity contribution is -0.153. The highest BCUT2D eigenvalue weighted by Gasteiger charge is 2.38. The van der Waals surface area contributed by atoms with Gasteiger partial charge in [0.25, 0.3) is 0 Å². The Morgan fingerprint density at radius 1 is 0.969 bits per heavy atom. The van der Waals surface area contributed by atoms with Crippen molar-refractivity contribution in [3.8, 4) is 0 Å². The van der Waals surface area contributed by atoms with Crippen LogP contribution in [0.4, 0.5) is 0 Å². The fraction of sp³-hybridized carbons (Fsp3) is 0.957. The molecule has 0 aliphatic carbocycles. The van der Waals surface area contributed by atoms with Gasteiger partial charge >= 0.3 is 12.8 Å². The van der Waals surface area contributed by atoms with Crippen molar-refractivity contribution in [1.82, 2.24) is 9.80 Å². The lowest BCUT2D eigenvalue weighted by Crippen LogP contribution is -2.45. The molecule has 1 atom stereocenters. The van der Waals surface area contributed by atoms with Crippen LogP contribution in [0.25, 0.3) is 0 Å². The molecule has 32 heavy (non-hydrogen) atoms. The Kier molecular flexibility index (Phi) is 11.7. The number of carbonyl (C=O) groups is 1. The van der Waals surface area contributed by atoms with E-state index in [0.717, 1.165) is 63.4 Å². The quantitative estimate of drug-likeness (QED) is 0.190. The van der Waals surface area contributed by atoms with Crippen LogP contribution in [-0.4, -0.2) is 79.1 Å². The Hall–Kier alpha value is -0.110. The summed E-state index contributed by atoms with van der Waals surface area (Å²) >= 11 is 1.11. The minimum absolute atomic E-state index is 0.177. The maximum atomic E-state index is 13.4. The molecule has 0 aromatic heterocycles. The first kappa shape index (κ1) is 29.9. The average molecular weight is 495 g/mol. The van der Waals surface area contributed by atoms with Crippen LogP contribution in [0.3, 0.4) is 0 Å². The van der Waals surface area contributed by atoms with Gasteiger partial charge in [0.15, 0.2) is 0 Å². The van der Waals surface area contributed by atoms with Crippen molar-refractivity contribution in [1.29, 1.82) is 0 Å². The van der Waals surface area contributed by atoms with Crippen LogP contribution < -0.4 is 0 Å². The highest BCUT2D eigenvalue weighted by molar-refractivity contribution is 8.55. The number of hydrogen-bond donors (Lipinski definition) is 0. The summed E-state index contributed by atoms with van der Waals surface area (Å²) in [5.41, 5.74) is -1.71. The van der Waals surface area contributed by atoms with Crippen LogP contribution in [0.1, 0.15) is 74.7 Å². The summed E-state index contributed by atoms with van der Waals surface area (Å²) in [7, 11) is 2.14. The monoisotopic (exact) mass is 494 g/mol. The smallest absolute Gasteiger partial charge is 0.390 e. The van der Waals surface area contributed by atoms with Crippen molar-refractivity contribution in [3.63, 3.8) is 0 Å². The largest absolute Gasteiger partial charge is 0.464 e. The summed E-state index contributed by atoms with van der Waals surface area (Å²) in [6, 6.07) is 0. The van der Waals surface area contributed by atoms with E-state index in [4.69, 9.17) is 13.8 Å². The first-order chi connectivity index (χ1) is 14.6. The van der Waals surface area contributed by atoms with Gasteiger partial charge in [0.05, 0.1) is 16.6 Å². The van der Waals surface area contributed by atoms with E-state index in [1.54, 1.807) is 0 Å². The van der Waals surface area contributed by atoms with Crippen molar-refractivity contribution in [2.24, 2.45) is 5.41 Å². The van der Waals surface area contributed by atoms with E-state index < -0.39 is 23.4 Å². The van der Waals surface area contributed by atoms with Gasteiger partial charge in [0, 0.05) is 31.9 Å². The van der Waals surface area contributed by atoms with Crippen LogP contribution >= 0.6 is 18.2 Å². The number of carbonyl (C=O) groups excluding carboxylic acids is 1. The zero-order chi connectivity index (χ0) is 24.6. The molecule has 1 aliphatic heterocycles. The lowest BCUT2D eigenvalue weighted by Gasteiger charge is -2.34. The molecule has 1 rings (SSSR count). The van der Waals surface area contributed by atoms with Crippen LogP contribution in [0.2, 0.25) is 0 Å². The predicted octanol–water partition coefficient (Wildman–Crippen LogP) is 5.45. The summed E-state index contributed by atoms with van der Waals surface area (Å²) < 4.78 is 30.8. The summed E-state index contributed by atoms with van der Waals surface area (Å²) in [5.74, 6) is 0.140. The normalized spacial score (nSPS) is 19.0. The van der Waals surface area contributed by atoms with Gasteiger partial charge in [-0.25, -0.2) is 4.57 Å². The van der Waals surface area contributed by atoms with Crippen LogP contribution in [0.5, 0.6) is 0 Å². The van der Waals surface area contributed by atoms with E-state index in [1.165, 1.54) is 0 Å². The molecule has 0 spiro atoms. The minimum atomic E-state index is -3.41. The molecular weight excluding hydrogens is 447 g/mol. The second kappa shape index (κ2) is 12.6. The standard InChI is InChI=1S/C23H47N2O5PS/c1-10-11-23(7,8)30-31(27,29-21(2,3)4)32-19-18-28-20(26)22(5,6)12-13-25-16-14-24(9)15-17-25/h10-19H2,1-9H3. The molecule has 0 aromatic carbocycles. The summed E-state index contributed by atoms with van der Waals surface area (Å²) in [5, 5.41) is 0. The van der Waals surface area contributed by atoms with Crippen molar-refractivity contribution in [2.75, 3.05) is 52.1 Å². The summed E-state index contributed by atoms with van der Waals surface area (Å²) in [6.45, 7) is 17.2. The van der Waals surface area contributed by atoms with E-state index >= 15 is 0 Å². The fourth-order valence-corrected chi connectivity index (χ4v) is 7.83. The molecule has 1 aliphatic rings. The molecule has 0 radical (unpaired) electrons. The fourth-order valence-electron chi connectivity index (χ4n) is 3.45. The third-order valence-corrected chi connectivity index (χ3v) is 9.46. The molecule has 0 bridgehead atoms. The van der Waals surface area contributed by atoms with E-state index in [2.05, 4.69) is 23.8 Å². The molecule has 1 saturated heterocycles. The van der Waals surface area contributed by atoms with E-state index in [-0.39, 0.29) is 12.6 Å². The number of nitrogens with zero attached hydrogens (tertiary/aromatic N) is 2. The Bertz CT molecular complexity index is 628. The molecule has 0 saturated carbocycles. The molecular formula is C23H47N2O5PS. The van der Waals surface area contributed by atoms with Crippen molar-refractivity contribution in [3.05, 3.63) is 0 Å². The van der Waals surface area contributed by atoms with Gasteiger partial charge in [-0.3, -0.25) is 13.8 Å². The minimum Gasteiger partial charge on any atom is -0.464 e. The highest BCUT2D eigenvalue weighted by atomic mass is 32.7. The average Bonchev–Trinajstić information content (AvgIpc) is 2.62. The van der Waals surface area contributed by atoms with Crippen molar-refractivity contribution in [2.45, 2.75) is 85.9 Å². The maximum absolute atomic E-state index is 13.4. The number of ether oxygens (including phenoxy) is 1. The Balaban J connectivity index is 2.53. The molecule has 190 valence electrons. The Morgan fingerprint density at radius 2 is 1.56 bits per heavy atom. The molecule has 0 aromatic rings. The second-order valence-electron chi connectivity index (χ2n) is 11.0. The lowest BCUT2D eigenvalue weighted by atomic mass is 9.89. The van der Waals surface area contributed by atoms with Gasteiger partial charge in [-0.05, 0) is 86.3 Å². The van der Waals surface area contributed by atoms with Gasteiger partial charge in [0.2, 0.25) is 0 Å². The van der Waals surface area contributed by atoms with Crippen LogP contribution in [-0.2, 0) is 23.1 Å². The topological polar surface area (TPSA) is 68.3 Å². The second-order valence-corrected chi connectivity index (χ2v) is 15.0. The number of rotatable bonds is 13. The van der Waals surface area contributed by atoms with Gasteiger partial charge in [-0.1, -0.05) is 13.3 Å². The molecule has 1 fully saturated rings. The summed E-state index contributed by atoms with van der Waals surface area (Å²) in [4.78, 5) is 17.4. The molecule has 0 amide bonds. The molecule has 0 N–H and O–H groups in total. The van der Waals surface area contributed by atoms with E-state index in [9.17, 15) is 9.36 Å². The predicted molar refractivity (Wildman–Crippen MR) is 134 cm³/mol. The van der Waals surface area contributed by atoms with E-state index in [1.807, 2.05) is 48.5 Å². The number of piperazine rings is 1. The third-order valence-electron chi connectivity index (χ3n) is 5.36. The number of esters is 1. The molecule has 1 unspecified atom stereocenters. The summed E-state index contributed by atoms with van der Waals surface area (Å²) in [6.07, 6.45) is 2.46. The number of likely N-dealkylation sites (N-methyl/N-ethyl adjacent to an activating group) is 1. The first-order valence-corrected chi connectivity index (χ1v) is 15.0. The Morgan fingerprint density at radius 3 is 2.09 bits per heavy atom.